The summed E-state index contributed by atoms with van der Waals surface area (Å²) in [5.41, 5.74) is 9.66. The second-order valence-corrected chi connectivity index (χ2v) is 19.8. The number of likely N-dealkylation sites (N-methyl/N-ethyl adjacent to an activating group) is 1. The molecule has 0 fully saturated rings. The van der Waals surface area contributed by atoms with Gasteiger partial charge in [0.05, 0.1) is 55.4 Å². The molecule has 0 saturated carbocycles. The van der Waals surface area contributed by atoms with Gasteiger partial charge in [-0.05, 0) is 128 Å². The SMILES string of the molecule is COc1cc2c(cc1Nc1ncnc3sc4c(c13)CC[C@H](C(=O)N(CCN(C)C)Cc1ccncc1)C4)C=NC2.COc1cc2c(cc1Nc1ncnc3sc4c(c13)CC[C@H](C(=O)O)C4)C=NC2. The first-order chi connectivity index (χ1) is 33.1. The fraction of sp³-hybridized carbons (Fsp3) is 0.340. The molecule has 0 bridgehead atoms. The van der Waals surface area contributed by atoms with E-state index in [0.717, 1.165) is 120 Å². The number of aromatic nitrogens is 5. The quantitative estimate of drug-likeness (QED) is 0.101. The van der Waals surface area contributed by atoms with Crippen molar-refractivity contribution in [3.05, 3.63) is 110 Å². The van der Waals surface area contributed by atoms with Crippen molar-refractivity contribution < 1.29 is 24.2 Å². The number of nitrogens with one attached hydrogen (secondary N) is 2. The molecule has 11 rings (SSSR count). The van der Waals surface area contributed by atoms with Gasteiger partial charge < -0.3 is 35.0 Å². The number of aliphatic carboxylic acids is 1. The Kier molecular flexibility index (Phi) is 12.8. The van der Waals surface area contributed by atoms with E-state index in [2.05, 4.69) is 56.5 Å². The summed E-state index contributed by atoms with van der Waals surface area (Å²) in [6, 6.07) is 12.1. The molecule has 7 heterocycles. The largest absolute Gasteiger partial charge is 0.495 e. The Morgan fingerprint density at radius 1 is 0.735 bits per heavy atom. The molecule has 7 aromatic rings. The van der Waals surface area contributed by atoms with Crippen molar-refractivity contribution >= 4 is 90.4 Å². The van der Waals surface area contributed by atoms with Crippen molar-refractivity contribution in [2.24, 2.45) is 21.8 Å². The monoisotopic (exact) mass is 949 g/mol. The number of anilines is 4. The van der Waals surface area contributed by atoms with Crippen molar-refractivity contribution in [1.82, 2.24) is 34.7 Å². The van der Waals surface area contributed by atoms with Gasteiger partial charge in [0, 0.05) is 60.1 Å². The lowest BCUT2D eigenvalue weighted by Gasteiger charge is -2.30. The minimum atomic E-state index is -0.725. The Morgan fingerprint density at radius 3 is 1.78 bits per heavy atom. The summed E-state index contributed by atoms with van der Waals surface area (Å²) >= 11 is 3.25. The van der Waals surface area contributed by atoms with E-state index in [1.165, 1.54) is 16.0 Å². The number of fused-ring (bicyclic) bond motifs is 8. The number of carboxylic acid groups (broad SMARTS) is 1. The number of nitrogens with zero attached hydrogens (tertiary/aromatic N) is 9. The van der Waals surface area contributed by atoms with Gasteiger partial charge in [-0.1, -0.05) is 0 Å². The first-order valence-corrected chi connectivity index (χ1v) is 24.3. The molecule has 5 aromatic heterocycles. The predicted octanol–water partition coefficient (Wildman–Crippen LogP) is 8.03. The maximum Gasteiger partial charge on any atom is 0.306 e. The molecule has 3 N–H and O–H groups in total. The number of pyridine rings is 1. The highest BCUT2D eigenvalue weighted by atomic mass is 32.1. The molecule has 0 saturated heterocycles. The van der Waals surface area contributed by atoms with Gasteiger partial charge in [-0.25, -0.2) is 19.9 Å². The van der Waals surface area contributed by atoms with Gasteiger partial charge in [-0.2, -0.15) is 0 Å². The molecule has 0 spiro atoms. The van der Waals surface area contributed by atoms with Crippen LogP contribution in [0.5, 0.6) is 11.5 Å². The van der Waals surface area contributed by atoms with E-state index in [-0.39, 0.29) is 17.7 Å². The van der Waals surface area contributed by atoms with Crippen LogP contribution in [-0.2, 0) is 54.9 Å². The highest BCUT2D eigenvalue weighted by Gasteiger charge is 2.33. The van der Waals surface area contributed by atoms with Crippen LogP contribution in [0.4, 0.5) is 23.0 Å². The van der Waals surface area contributed by atoms with Crippen LogP contribution in [0.25, 0.3) is 20.4 Å². The predicted molar refractivity (Wildman–Crippen MR) is 267 cm³/mol. The Hall–Kier alpha value is -6.89. The first kappa shape index (κ1) is 44.9. The lowest BCUT2D eigenvalue weighted by atomic mass is 9.86. The smallest absolute Gasteiger partial charge is 0.306 e. The second-order valence-electron chi connectivity index (χ2n) is 17.6. The number of rotatable bonds is 13. The van der Waals surface area contributed by atoms with Gasteiger partial charge in [-0.15, -0.1) is 22.7 Å². The highest BCUT2D eigenvalue weighted by molar-refractivity contribution is 7.19. The number of ether oxygens (including phenoxy) is 2. The molecule has 2 atom stereocenters. The zero-order valence-corrected chi connectivity index (χ0v) is 39.9. The van der Waals surface area contributed by atoms with Gasteiger partial charge in [0.1, 0.15) is 45.5 Å². The molecule has 2 aromatic carbocycles. The van der Waals surface area contributed by atoms with Crippen molar-refractivity contribution in [1.29, 1.82) is 0 Å². The number of hydrogen-bond acceptors (Lipinski definition) is 16. The minimum Gasteiger partial charge on any atom is -0.495 e. The molecule has 16 nitrogen and oxygen atoms in total. The normalized spacial score (nSPS) is 16.4. The number of benzene rings is 2. The van der Waals surface area contributed by atoms with E-state index in [1.807, 2.05) is 61.8 Å². The fourth-order valence-corrected chi connectivity index (χ4v) is 12.0. The number of amides is 1. The molecule has 4 aliphatic rings. The number of carbonyl (C=O) groups is 2. The van der Waals surface area contributed by atoms with Crippen LogP contribution in [0, 0.1) is 11.8 Å². The Bertz CT molecular complexity index is 3120. The molecule has 2 aliphatic carbocycles. The number of carboxylic acids is 1. The van der Waals surface area contributed by atoms with E-state index >= 15 is 0 Å². The third-order valence-corrected chi connectivity index (χ3v) is 15.4. The van der Waals surface area contributed by atoms with Gasteiger partial charge in [0.15, 0.2) is 0 Å². The Balaban J connectivity index is 0.000000168. The average Bonchev–Trinajstić information content (AvgIpc) is 4.17. The standard InChI is InChI=1S/C30H33N7O2S.C20H18N4O3S/c1-36(2)10-11-37(17-19-6-8-31-9-7-19)30(38)20-4-5-23-26(14-20)40-29-27(23)28(33-18-34-29)35-24-12-21-15-32-16-22(21)13-25(24)39-3;1-27-15-5-12-8-21-7-11(12)4-14(15)24-18-17-13-3-2-10(20(25)26)6-16(13)28-19(17)23-9-22-18/h6-9,12-13,15,18,20H,4-5,10-11,14,16-17H2,1-3H3,(H,33,34,35);4-5,7,9-10H,2-3,6,8H2,1H3,(H,25,26)(H,22,23,24)/t20-;10-/m00/s1. The van der Waals surface area contributed by atoms with Gasteiger partial charge in [-0.3, -0.25) is 24.6 Å². The number of carbonyl (C=O) groups excluding carboxylic acids is 1. The maximum atomic E-state index is 13.8. The highest BCUT2D eigenvalue weighted by Crippen LogP contribution is 2.44. The summed E-state index contributed by atoms with van der Waals surface area (Å²) < 4.78 is 11.2. The van der Waals surface area contributed by atoms with Crippen molar-refractivity contribution in [2.45, 2.75) is 58.2 Å². The summed E-state index contributed by atoms with van der Waals surface area (Å²) in [7, 11) is 7.41. The molecule has 0 unspecified atom stereocenters. The van der Waals surface area contributed by atoms with E-state index in [1.54, 1.807) is 61.9 Å². The lowest BCUT2D eigenvalue weighted by molar-refractivity contribution is -0.142. The number of aryl methyl sites for hydroxylation is 2. The zero-order chi connectivity index (χ0) is 46.9. The van der Waals surface area contributed by atoms with Crippen molar-refractivity contribution in [3.63, 3.8) is 0 Å². The summed E-state index contributed by atoms with van der Waals surface area (Å²) in [5, 5.41) is 18.3. The molecule has 348 valence electrons. The molecule has 68 heavy (non-hydrogen) atoms. The van der Waals surface area contributed by atoms with Gasteiger partial charge >= 0.3 is 5.97 Å². The van der Waals surface area contributed by atoms with Crippen LogP contribution in [0.3, 0.4) is 0 Å². The lowest BCUT2D eigenvalue weighted by Crippen LogP contribution is -2.41. The van der Waals surface area contributed by atoms with Crippen LogP contribution < -0.4 is 20.1 Å². The van der Waals surface area contributed by atoms with Crippen molar-refractivity contribution in [2.75, 3.05) is 52.0 Å². The maximum absolute atomic E-state index is 13.8. The average molecular weight is 950 g/mol. The van der Waals surface area contributed by atoms with Crippen LogP contribution in [-0.4, -0.2) is 106 Å². The molecular weight excluding hydrogens is 899 g/mol. The Morgan fingerprint density at radius 2 is 1.26 bits per heavy atom. The molecule has 0 radical (unpaired) electrons. The van der Waals surface area contributed by atoms with Gasteiger partial charge in [0.25, 0.3) is 0 Å². The van der Waals surface area contributed by atoms with Crippen LogP contribution in [0.15, 0.2) is 71.4 Å². The van der Waals surface area contributed by atoms with Crippen LogP contribution >= 0.6 is 22.7 Å². The van der Waals surface area contributed by atoms with E-state index in [9.17, 15) is 14.7 Å². The number of hydrogen-bond donors (Lipinski definition) is 3. The molecular formula is C50H51N11O5S2. The number of thiophene rings is 2. The third kappa shape index (κ3) is 9.10. The number of aliphatic imine (C=N–C) groups is 2. The molecule has 2 aliphatic heterocycles. The third-order valence-electron chi connectivity index (χ3n) is 13.1. The topological polar surface area (TPSA) is 193 Å². The number of methoxy groups -OCH3 is 2. The minimum absolute atomic E-state index is 0.0509. The van der Waals surface area contributed by atoms with Crippen molar-refractivity contribution in [3.8, 4) is 11.5 Å². The summed E-state index contributed by atoms with van der Waals surface area (Å²) in [6.45, 7) is 3.46. The second kappa shape index (κ2) is 19.4. The van der Waals surface area contributed by atoms with E-state index in [4.69, 9.17) is 9.47 Å². The Labute approximate surface area is 401 Å². The fourth-order valence-electron chi connectivity index (χ4n) is 9.45. The first-order valence-electron chi connectivity index (χ1n) is 22.6. The summed E-state index contributed by atoms with van der Waals surface area (Å²) in [5.74, 6) is 2.12. The van der Waals surface area contributed by atoms with E-state index in [0.29, 0.717) is 39.0 Å². The van der Waals surface area contributed by atoms with Gasteiger partial charge in [0.2, 0.25) is 5.91 Å². The van der Waals surface area contributed by atoms with Crippen LogP contribution in [0.1, 0.15) is 61.5 Å². The molecule has 18 heteroatoms. The molecule has 1 amide bonds. The summed E-state index contributed by atoms with van der Waals surface area (Å²) in [6.07, 6.45) is 14.8. The van der Waals surface area contributed by atoms with Crippen LogP contribution in [0.2, 0.25) is 0 Å². The summed E-state index contributed by atoms with van der Waals surface area (Å²) in [4.78, 5) is 64.5. The van der Waals surface area contributed by atoms with E-state index < -0.39 is 5.97 Å². The zero-order valence-electron chi connectivity index (χ0n) is 38.3.